The molecule has 0 saturated heterocycles. The predicted octanol–water partition coefficient (Wildman–Crippen LogP) is 1.12. The maximum Gasteiger partial charge on any atom is 0.171 e. The van der Waals surface area contributed by atoms with E-state index >= 15 is 0 Å². The van der Waals surface area contributed by atoms with Crippen LogP contribution in [0.15, 0.2) is 40.4 Å². The van der Waals surface area contributed by atoms with Gasteiger partial charge in [0.15, 0.2) is 11.7 Å². The van der Waals surface area contributed by atoms with Gasteiger partial charge >= 0.3 is 0 Å². The second-order valence-corrected chi connectivity index (χ2v) is 3.91. The molecule has 3 N–H and O–H groups in total. The van der Waals surface area contributed by atoms with Crippen molar-refractivity contribution in [1.29, 1.82) is 0 Å². The number of halogens is 1. The van der Waals surface area contributed by atoms with Gasteiger partial charge < -0.3 is 10.9 Å². The quantitative estimate of drug-likeness (QED) is 0.374. The highest BCUT2D eigenvalue weighted by Gasteiger charge is 2.02. The number of hydrogen-bond donors (Lipinski definition) is 2. The second kappa shape index (κ2) is 4.31. The molecule has 2 rings (SSSR count). The normalized spacial score (nSPS) is 11.7. The summed E-state index contributed by atoms with van der Waals surface area (Å²) < 4.78 is 2.48. The SMILES string of the molecule is N/C(=N\O)c1ccc(-n2cc(Br)cn2)nc1. The molecular formula is C9H8BrN5O. The van der Waals surface area contributed by atoms with Crippen molar-refractivity contribution in [3.63, 3.8) is 0 Å². The number of nitrogens with zero attached hydrogens (tertiary/aromatic N) is 4. The fourth-order valence-corrected chi connectivity index (χ4v) is 1.44. The van der Waals surface area contributed by atoms with Crippen LogP contribution < -0.4 is 5.73 Å². The molecule has 0 aliphatic carbocycles. The Bertz CT molecular complexity index is 519. The minimum atomic E-state index is 0.0284. The minimum absolute atomic E-state index is 0.0284. The second-order valence-electron chi connectivity index (χ2n) is 2.99. The van der Waals surface area contributed by atoms with Gasteiger partial charge in [0.1, 0.15) is 0 Å². The van der Waals surface area contributed by atoms with E-state index in [4.69, 9.17) is 10.9 Å². The Balaban J connectivity index is 2.33. The Labute approximate surface area is 99.5 Å². The average molecular weight is 282 g/mol. The van der Waals surface area contributed by atoms with Gasteiger partial charge in [-0.1, -0.05) is 5.16 Å². The van der Waals surface area contributed by atoms with Crippen molar-refractivity contribution >= 4 is 21.8 Å². The molecule has 2 heterocycles. The van der Waals surface area contributed by atoms with Crippen LogP contribution in [0.1, 0.15) is 5.56 Å². The van der Waals surface area contributed by atoms with Crippen LogP contribution in [0.2, 0.25) is 0 Å². The van der Waals surface area contributed by atoms with Crippen molar-refractivity contribution in [2.75, 3.05) is 0 Å². The molecule has 2 aromatic heterocycles. The molecule has 0 spiro atoms. The summed E-state index contributed by atoms with van der Waals surface area (Å²) in [5.41, 5.74) is 5.97. The van der Waals surface area contributed by atoms with Crippen molar-refractivity contribution in [1.82, 2.24) is 14.8 Å². The van der Waals surface area contributed by atoms with E-state index in [-0.39, 0.29) is 5.84 Å². The monoisotopic (exact) mass is 281 g/mol. The van der Waals surface area contributed by atoms with Gasteiger partial charge in [-0.2, -0.15) is 5.10 Å². The van der Waals surface area contributed by atoms with E-state index in [1.54, 1.807) is 29.2 Å². The van der Waals surface area contributed by atoms with Crippen molar-refractivity contribution in [3.05, 3.63) is 40.8 Å². The molecule has 0 bridgehead atoms. The van der Waals surface area contributed by atoms with E-state index in [0.717, 1.165) is 4.47 Å². The van der Waals surface area contributed by atoms with Crippen LogP contribution in [0.5, 0.6) is 0 Å². The molecule has 0 amide bonds. The fourth-order valence-electron chi connectivity index (χ4n) is 1.16. The van der Waals surface area contributed by atoms with Gasteiger partial charge in [0.2, 0.25) is 0 Å². The lowest BCUT2D eigenvalue weighted by atomic mass is 10.2. The summed E-state index contributed by atoms with van der Waals surface area (Å²) in [7, 11) is 0. The predicted molar refractivity (Wildman–Crippen MR) is 61.6 cm³/mol. The van der Waals surface area contributed by atoms with Crippen molar-refractivity contribution in [2.45, 2.75) is 0 Å². The zero-order valence-corrected chi connectivity index (χ0v) is 9.66. The highest BCUT2D eigenvalue weighted by atomic mass is 79.9. The van der Waals surface area contributed by atoms with Gasteiger partial charge in [0.05, 0.1) is 10.7 Å². The van der Waals surface area contributed by atoms with Crippen molar-refractivity contribution in [2.24, 2.45) is 10.9 Å². The smallest absolute Gasteiger partial charge is 0.171 e. The fraction of sp³-hybridized carbons (Fsp3) is 0. The Morgan fingerprint density at radius 1 is 1.44 bits per heavy atom. The van der Waals surface area contributed by atoms with Gasteiger partial charge in [-0.15, -0.1) is 0 Å². The van der Waals surface area contributed by atoms with Crippen LogP contribution >= 0.6 is 15.9 Å². The topological polar surface area (TPSA) is 89.3 Å². The standard InChI is InChI=1S/C9H8BrN5O/c10-7-4-13-15(5-7)8-2-1-6(3-12-8)9(11)14-16/h1-5,16H,(H2,11,14). The van der Waals surface area contributed by atoms with Gasteiger partial charge in [0, 0.05) is 18.0 Å². The maximum absolute atomic E-state index is 8.49. The molecule has 0 radical (unpaired) electrons. The van der Waals surface area contributed by atoms with Gasteiger partial charge in [0.25, 0.3) is 0 Å². The summed E-state index contributed by atoms with van der Waals surface area (Å²) in [6, 6.07) is 3.43. The molecule has 82 valence electrons. The number of rotatable bonds is 2. The van der Waals surface area contributed by atoms with Crippen molar-refractivity contribution < 1.29 is 5.21 Å². The molecule has 0 saturated carbocycles. The minimum Gasteiger partial charge on any atom is -0.409 e. The third kappa shape index (κ3) is 2.03. The van der Waals surface area contributed by atoms with Crippen LogP contribution in [0.3, 0.4) is 0 Å². The number of amidine groups is 1. The molecule has 7 heteroatoms. The lowest BCUT2D eigenvalue weighted by molar-refractivity contribution is 0.318. The summed E-state index contributed by atoms with van der Waals surface area (Å²) in [6.45, 7) is 0. The zero-order valence-electron chi connectivity index (χ0n) is 8.08. The summed E-state index contributed by atoms with van der Waals surface area (Å²) in [6.07, 6.45) is 4.96. The Hall–Kier alpha value is -1.89. The molecule has 0 atom stereocenters. The molecule has 16 heavy (non-hydrogen) atoms. The number of oxime groups is 1. The first-order valence-electron chi connectivity index (χ1n) is 4.35. The Morgan fingerprint density at radius 2 is 2.25 bits per heavy atom. The molecule has 0 aliphatic heterocycles. The third-order valence-electron chi connectivity index (χ3n) is 1.94. The molecule has 6 nitrogen and oxygen atoms in total. The molecule has 0 aromatic carbocycles. The highest BCUT2D eigenvalue weighted by Crippen LogP contribution is 2.10. The lowest BCUT2D eigenvalue weighted by Crippen LogP contribution is -2.13. The molecule has 0 unspecified atom stereocenters. The summed E-state index contributed by atoms with van der Waals surface area (Å²) in [5.74, 6) is 0.681. The lowest BCUT2D eigenvalue weighted by Gasteiger charge is -2.01. The molecule has 2 aromatic rings. The first-order valence-corrected chi connectivity index (χ1v) is 5.14. The Morgan fingerprint density at radius 3 is 2.75 bits per heavy atom. The van der Waals surface area contributed by atoms with E-state index in [9.17, 15) is 0 Å². The molecule has 0 aliphatic rings. The first-order chi connectivity index (χ1) is 7.70. The van der Waals surface area contributed by atoms with Crippen molar-refractivity contribution in [3.8, 4) is 5.82 Å². The van der Waals surface area contributed by atoms with E-state index in [0.29, 0.717) is 11.4 Å². The van der Waals surface area contributed by atoms with E-state index < -0.39 is 0 Å². The van der Waals surface area contributed by atoms with Gasteiger partial charge in [-0.25, -0.2) is 9.67 Å². The Kier molecular flexibility index (Phi) is 2.86. The third-order valence-corrected chi connectivity index (χ3v) is 2.35. The number of pyridine rings is 1. The van der Waals surface area contributed by atoms with Crippen LogP contribution in [0, 0.1) is 0 Å². The van der Waals surface area contributed by atoms with Crippen LogP contribution in [0.25, 0.3) is 5.82 Å². The highest BCUT2D eigenvalue weighted by molar-refractivity contribution is 9.10. The summed E-state index contributed by atoms with van der Waals surface area (Å²) in [5, 5.41) is 15.5. The summed E-state index contributed by atoms with van der Waals surface area (Å²) in [4.78, 5) is 4.14. The van der Waals surface area contributed by atoms with E-state index in [2.05, 4.69) is 31.2 Å². The summed E-state index contributed by atoms with van der Waals surface area (Å²) >= 11 is 3.30. The number of hydrogen-bond acceptors (Lipinski definition) is 4. The zero-order chi connectivity index (χ0) is 11.5. The van der Waals surface area contributed by atoms with Crippen LogP contribution in [0.4, 0.5) is 0 Å². The van der Waals surface area contributed by atoms with E-state index in [1.165, 1.54) is 6.20 Å². The van der Waals surface area contributed by atoms with Gasteiger partial charge in [-0.3, -0.25) is 0 Å². The number of nitrogens with two attached hydrogens (primary N) is 1. The maximum atomic E-state index is 8.49. The van der Waals surface area contributed by atoms with Crippen LogP contribution in [-0.2, 0) is 0 Å². The molecule has 0 fully saturated rings. The largest absolute Gasteiger partial charge is 0.409 e. The van der Waals surface area contributed by atoms with Crippen LogP contribution in [-0.4, -0.2) is 25.8 Å². The average Bonchev–Trinajstić information content (AvgIpc) is 2.75. The first kappa shape index (κ1) is 10.6. The molecular weight excluding hydrogens is 274 g/mol. The van der Waals surface area contributed by atoms with E-state index in [1.807, 2.05) is 0 Å². The number of aromatic nitrogens is 3. The van der Waals surface area contributed by atoms with Gasteiger partial charge in [-0.05, 0) is 28.1 Å².